The quantitative estimate of drug-likeness (QED) is 0.881. The van der Waals surface area contributed by atoms with Gasteiger partial charge in [-0.3, -0.25) is 0 Å². The van der Waals surface area contributed by atoms with Crippen LogP contribution >= 0.6 is 0 Å². The zero-order chi connectivity index (χ0) is 13.2. The SMILES string of the molecule is CCNC(c1cc2cccc(F)c2o1)C1CCCC1. The first-order valence-corrected chi connectivity index (χ1v) is 7.21. The van der Waals surface area contributed by atoms with Crippen molar-refractivity contribution in [2.45, 2.75) is 38.6 Å². The van der Waals surface area contributed by atoms with Crippen molar-refractivity contribution in [2.24, 2.45) is 5.92 Å². The predicted molar refractivity (Wildman–Crippen MR) is 74.5 cm³/mol. The third kappa shape index (κ3) is 2.39. The molecule has 1 unspecified atom stereocenters. The number of fused-ring (bicyclic) bond motifs is 1. The molecule has 0 radical (unpaired) electrons. The van der Waals surface area contributed by atoms with Crippen LogP contribution in [-0.4, -0.2) is 6.54 Å². The van der Waals surface area contributed by atoms with Crippen molar-refractivity contribution in [3.05, 3.63) is 35.8 Å². The van der Waals surface area contributed by atoms with Crippen LogP contribution in [0.1, 0.15) is 44.4 Å². The fourth-order valence-corrected chi connectivity index (χ4v) is 3.21. The maximum absolute atomic E-state index is 13.7. The lowest BCUT2D eigenvalue weighted by Gasteiger charge is -2.22. The highest BCUT2D eigenvalue weighted by Crippen LogP contribution is 2.37. The van der Waals surface area contributed by atoms with Gasteiger partial charge in [-0.1, -0.05) is 31.9 Å². The van der Waals surface area contributed by atoms with Crippen LogP contribution in [0.15, 0.2) is 28.7 Å². The minimum atomic E-state index is -0.273. The fourth-order valence-electron chi connectivity index (χ4n) is 3.21. The molecule has 0 bridgehead atoms. The van der Waals surface area contributed by atoms with Gasteiger partial charge in [0.05, 0.1) is 6.04 Å². The molecule has 1 aliphatic rings. The minimum absolute atomic E-state index is 0.222. The van der Waals surface area contributed by atoms with Crippen LogP contribution in [0, 0.1) is 11.7 Å². The molecule has 102 valence electrons. The highest BCUT2D eigenvalue weighted by molar-refractivity contribution is 5.78. The number of halogens is 1. The van der Waals surface area contributed by atoms with Gasteiger partial charge < -0.3 is 9.73 Å². The van der Waals surface area contributed by atoms with E-state index in [1.54, 1.807) is 6.07 Å². The molecule has 1 N–H and O–H groups in total. The largest absolute Gasteiger partial charge is 0.456 e. The van der Waals surface area contributed by atoms with Gasteiger partial charge in [0.15, 0.2) is 11.4 Å². The second kappa shape index (κ2) is 5.33. The fraction of sp³-hybridized carbons (Fsp3) is 0.500. The molecule has 1 heterocycles. The summed E-state index contributed by atoms with van der Waals surface area (Å²) in [6, 6.07) is 7.30. The van der Waals surface area contributed by atoms with Crippen molar-refractivity contribution in [1.29, 1.82) is 0 Å². The Morgan fingerprint density at radius 3 is 2.84 bits per heavy atom. The van der Waals surface area contributed by atoms with Crippen molar-refractivity contribution < 1.29 is 8.81 Å². The summed E-state index contributed by atoms with van der Waals surface area (Å²) in [7, 11) is 0. The van der Waals surface area contributed by atoms with Crippen molar-refractivity contribution in [1.82, 2.24) is 5.32 Å². The standard InChI is InChI=1S/C16H20FNO/c1-2-18-15(11-6-3-4-7-11)14-10-12-8-5-9-13(17)16(12)19-14/h5,8-11,15,18H,2-4,6-7H2,1H3. The average Bonchev–Trinajstić information content (AvgIpc) is 3.05. The molecular weight excluding hydrogens is 241 g/mol. The van der Waals surface area contributed by atoms with Gasteiger partial charge in [0.2, 0.25) is 0 Å². The highest BCUT2D eigenvalue weighted by Gasteiger charge is 2.28. The van der Waals surface area contributed by atoms with E-state index in [4.69, 9.17) is 4.42 Å². The molecule has 0 spiro atoms. The first-order chi connectivity index (χ1) is 9.29. The average molecular weight is 261 g/mol. The monoisotopic (exact) mass is 261 g/mol. The first kappa shape index (κ1) is 12.7. The summed E-state index contributed by atoms with van der Waals surface area (Å²) in [5.74, 6) is 1.22. The van der Waals surface area contributed by atoms with Crippen LogP contribution in [0.25, 0.3) is 11.0 Å². The summed E-state index contributed by atoms with van der Waals surface area (Å²) in [5.41, 5.74) is 0.387. The molecule has 1 aliphatic carbocycles. The summed E-state index contributed by atoms with van der Waals surface area (Å²) in [6.45, 7) is 3.01. The Hall–Kier alpha value is -1.35. The molecule has 19 heavy (non-hydrogen) atoms. The van der Waals surface area contributed by atoms with E-state index in [9.17, 15) is 4.39 Å². The normalized spacial score (nSPS) is 18.2. The third-order valence-electron chi connectivity index (χ3n) is 4.12. The molecule has 1 saturated carbocycles. The minimum Gasteiger partial charge on any atom is -0.456 e. The zero-order valence-corrected chi connectivity index (χ0v) is 11.3. The number of nitrogens with one attached hydrogen (secondary N) is 1. The van der Waals surface area contributed by atoms with E-state index in [1.807, 2.05) is 12.1 Å². The molecular formula is C16H20FNO. The molecule has 1 aromatic carbocycles. The van der Waals surface area contributed by atoms with E-state index < -0.39 is 0 Å². The van der Waals surface area contributed by atoms with Crippen LogP contribution in [0.2, 0.25) is 0 Å². The molecule has 0 saturated heterocycles. The molecule has 2 nitrogen and oxygen atoms in total. The smallest absolute Gasteiger partial charge is 0.169 e. The van der Waals surface area contributed by atoms with Crippen LogP contribution < -0.4 is 5.32 Å². The van der Waals surface area contributed by atoms with Crippen LogP contribution in [0.3, 0.4) is 0 Å². The second-order valence-corrected chi connectivity index (χ2v) is 5.39. The number of benzene rings is 1. The molecule has 1 fully saturated rings. The lowest BCUT2D eigenvalue weighted by Crippen LogP contribution is -2.26. The summed E-state index contributed by atoms with van der Waals surface area (Å²) < 4.78 is 19.5. The molecule has 3 rings (SSSR count). The lowest BCUT2D eigenvalue weighted by molar-refractivity contribution is 0.323. The van der Waals surface area contributed by atoms with Gasteiger partial charge in [0.25, 0.3) is 0 Å². The van der Waals surface area contributed by atoms with Crippen LogP contribution in [0.5, 0.6) is 0 Å². The molecule has 2 aromatic rings. The van der Waals surface area contributed by atoms with E-state index >= 15 is 0 Å². The highest BCUT2D eigenvalue weighted by atomic mass is 19.1. The number of hydrogen-bond donors (Lipinski definition) is 1. The van der Waals surface area contributed by atoms with Crippen molar-refractivity contribution in [3.8, 4) is 0 Å². The summed E-state index contributed by atoms with van der Waals surface area (Å²) in [4.78, 5) is 0. The lowest BCUT2D eigenvalue weighted by atomic mass is 9.96. The maximum Gasteiger partial charge on any atom is 0.169 e. The topological polar surface area (TPSA) is 25.2 Å². The van der Waals surface area contributed by atoms with E-state index in [0.29, 0.717) is 11.5 Å². The van der Waals surface area contributed by atoms with Gasteiger partial charge in [0.1, 0.15) is 5.76 Å². The number of hydrogen-bond acceptors (Lipinski definition) is 2. The van der Waals surface area contributed by atoms with Crippen molar-refractivity contribution >= 4 is 11.0 Å². The summed E-state index contributed by atoms with van der Waals surface area (Å²) >= 11 is 0. The zero-order valence-electron chi connectivity index (χ0n) is 11.3. The Balaban J connectivity index is 1.97. The molecule has 1 atom stereocenters. The van der Waals surface area contributed by atoms with Gasteiger partial charge in [0, 0.05) is 5.39 Å². The van der Waals surface area contributed by atoms with E-state index in [0.717, 1.165) is 17.7 Å². The van der Waals surface area contributed by atoms with Gasteiger partial charge >= 0.3 is 0 Å². The van der Waals surface area contributed by atoms with E-state index in [-0.39, 0.29) is 11.9 Å². The molecule has 0 aliphatic heterocycles. The summed E-state index contributed by atoms with van der Waals surface area (Å²) in [6.07, 6.45) is 5.05. The Morgan fingerprint density at radius 1 is 1.37 bits per heavy atom. The van der Waals surface area contributed by atoms with E-state index in [2.05, 4.69) is 12.2 Å². The molecule has 3 heteroatoms. The molecule has 0 amide bonds. The van der Waals surface area contributed by atoms with Gasteiger partial charge in [-0.15, -0.1) is 0 Å². The van der Waals surface area contributed by atoms with Crippen LogP contribution in [0.4, 0.5) is 4.39 Å². The predicted octanol–water partition coefficient (Wildman–Crippen LogP) is 4.41. The first-order valence-electron chi connectivity index (χ1n) is 7.21. The second-order valence-electron chi connectivity index (χ2n) is 5.39. The van der Waals surface area contributed by atoms with Gasteiger partial charge in [-0.25, -0.2) is 4.39 Å². The van der Waals surface area contributed by atoms with Gasteiger partial charge in [-0.2, -0.15) is 0 Å². The van der Waals surface area contributed by atoms with Gasteiger partial charge in [-0.05, 0) is 37.4 Å². The molecule has 1 aromatic heterocycles. The Labute approximate surface area is 113 Å². The van der Waals surface area contributed by atoms with E-state index in [1.165, 1.54) is 31.7 Å². The maximum atomic E-state index is 13.7. The number of rotatable bonds is 4. The number of furan rings is 1. The Bertz CT molecular complexity index is 557. The summed E-state index contributed by atoms with van der Waals surface area (Å²) in [5, 5.41) is 4.36. The third-order valence-corrected chi connectivity index (χ3v) is 4.12. The van der Waals surface area contributed by atoms with Crippen molar-refractivity contribution in [2.75, 3.05) is 6.54 Å². The Kier molecular flexibility index (Phi) is 3.56. The number of para-hydroxylation sites is 1. The Morgan fingerprint density at radius 2 is 2.16 bits per heavy atom. The van der Waals surface area contributed by atoms with Crippen molar-refractivity contribution in [3.63, 3.8) is 0 Å². The van der Waals surface area contributed by atoms with Crippen LogP contribution in [-0.2, 0) is 0 Å².